The molecule has 14 nitrogen and oxygen atoms in total. The third kappa shape index (κ3) is 14.7. The summed E-state index contributed by atoms with van der Waals surface area (Å²) in [4.78, 5) is 76.9. The Balaban J connectivity index is 3.15. The molecular formula is C28H40N6O8. The zero-order valence-electron chi connectivity index (χ0n) is 24.3. The molecule has 0 aliphatic rings. The van der Waals surface area contributed by atoms with E-state index in [-0.39, 0.29) is 37.3 Å². The summed E-state index contributed by atoms with van der Waals surface area (Å²) >= 11 is 0. The zero-order chi connectivity index (χ0) is 31.7. The smallest absolute Gasteiger partial charge is 0.328 e. The largest absolute Gasteiger partial charge is 0.508 e. The van der Waals surface area contributed by atoms with Crippen molar-refractivity contribution in [2.75, 3.05) is 6.54 Å². The first kappa shape index (κ1) is 35.4. The lowest BCUT2D eigenvalue weighted by molar-refractivity contribution is -0.152. The van der Waals surface area contributed by atoms with Gasteiger partial charge in [0.2, 0.25) is 29.4 Å². The van der Waals surface area contributed by atoms with Crippen molar-refractivity contribution in [1.29, 1.82) is 0 Å². The van der Waals surface area contributed by atoms with Crippen LogP contribution in [-0.2, 0) is 39.9 Å². The maximum Gasteiger partial charge on any atom is 0.328 e. The number of phenols is 1. The summed E-state index contributed by atoms with van der Waals surface area (Å²) < 4.78 is 5.22. The molecule has 0 spiro atoms. The number of aromatic hydroxyl groups is 1. The summed E-state index contributed by atoms with van der Waals surface area (Å²) in [6.07, 6.45) is 0.902. The summed E-state index contributed by atoms with van der Waals surface area (Å²) in [5.41, 5.74) is 9.22. The van der Waals surface area contributed by atoms with Crippen LogP contribution in [0.4, 0.5) is 0 Å². The third-order valence-corrected chi connectivity index (χ3v) is 5.83. The van der Waals surface area contributed by atoms with Gasteiger partial charge in [0, 0.05) is 33.2 Å². The molecule has 3 atom stereocenters. The van der Waals surface area contributed by atoms with E-state index in [1.54, 1.807) is 26.0 Å². The van der Waals surface area contributed by atoms with Gasteiger partial charge < -0.3 is 36.6 Å². The molecule has 230 valence electrons. The van der Waals surface area contributed by atoms with Gasteiger partial charge in [-0.15, -0.1) is 0 Å². The SMILES string of the molecule is CC(=O)NCCCCC(NC(=O)C(Cc1ccc(O)cc1)NC(C)=O)C(=O)NC(CCC(=O)C=[N+]=[N-])C(=O)OC(C)C. The number of rotatable bonds is 18. The van der Waals surface area contributed by atoms with E-state index in [1.165, 1.54) is 26.0 Å². The first-order chi connectivity index (χ1) is 19.8. The highest BCUT2D eigenvalue weighted by Crippen LogP contribution is 2.12. The number of hydrogen-bond donors (Lipinski definition) is 5. The molecule has 1 aromatic carbocycles. The van der Waals surface area contributed by atoms with Crippen molar-refractivity contribution in [1.82, 2.24) is 21.3 Å². The van der Waals surface area contributed by atoms with Crippen LogP contribution in [0, 0.1) is 0 Å². The second kappa shape index (κ2) is 18.7. The van der Waals surface area contributed by atoms with Gasteiger partial charge in [-0.1, -0.05) is 12.1 Å². The van der Waals surface area contributed by atoms with E-state index < -0.39 is 53.7 Å². The van der Waals surface area contributed by atoms with Crippen molar-refractivity contribution in [2.24, 2.45) is 0 Å². The Morgan fingerprint density at radius 1 is 0.881 bits per heavy atom. The molecule has 3 unspecified atom stereocenters. The molecule has 42 heavy (non-hydrogen) atoms. The van der Waals surface area contributed by atoms with Crippen LogP contribution < -0.4 is 21.3 Å². The number of esters is 1. The highest BCUT2D eigenvalue weighted by molar-refractivity contribution is 6.25. The molecule has 0 radical (unpaired) electrons. The molecule has 0 aliphatic carbocycles. The van der Waals surface area contributed by atoms with Crippen LogP contribution in [-0.4, -0.2) is 82.3 Å². The van der Waals surface area contributed by atoms with E-state index in [9.17, 15) is 33.9 Å². The predicted molar refractivity (Wildman–Crippen MR) is 151 cm³/mol. The highest BCUT2D eigenvalue weighted by atomic mass is 16.5. The number of hydrogen-bond acceptors (Lipinski definition) is 8. The average Bonchev–Trinajstić information content (AvgIpc) is 2.90. The summed E-state index contributed by atoms with van der Waals surface area (Å²) in [5, 5.41) is 20.0. The number of ether oxygens (including phenoxy) is 1. The topological polar surface area (TPSA) is 216 Å². The van der Waals surface area contributed by atoms with Crippen molar-refractivity contribution >= 4 is 41.6 Å². The van der Waals surface area contributed by atoms with Gasteiger partial charge in [0.05, 0.1) is 6.10 Å². The van der Waals surface area contributed by atoms with Gasteiger partial charge in [0.15, 0.2) is 0 Å². The Labute approximate surface area is 244 Å². The second-order valence-electron chi connectivity index (χ2n) is 9.96. The number of amides is 4. The van der Waals surface area contributed by atoms with Gasteiger partial charge in [0.25, 0.3) is 0 Å². The van der Waals surface area contributed by atoms with E-state index in [2.05, 4.69) is 26.1 Å². The summed E-state index contributed by atoms with van der Waals surface area (Å²) in [6, 6.07) is 2.63. The summed E-state index contributed by atoms with van der Waals surface area (Å²) in [5.74, 6) is -3.39. The maximum absolute atomic E-state index is 13.4. The fraction of sp³-hybridized carbons (Fsp3) is 0.536. The number of carbonyl (C=O) groups is 6. The van der Waals surface area contributed by atoms with Gasteiger partial charge in [-0.2, -0.15) is 4.79 Å². The fourth-order valence-corrected chi connectivity index (χ4v) is 3.85. The Hall–Kier alpha value is -4.58. The lowest BCUT2D eigenvalue weighted by Gasteiger charge is -2.25. The molecule has 0 fully saturated rings. The second-order valence-corrected chi connectivity index (χ2v) is 9.96. The number of nitrogens with zero attached hydrogens (tertiary/aromatic N) is 2. The quantitative estimate of drug-likeness (QED) is 0.0527. The van der Waals surface area contributed by atoms with Crippen LogP contribution in [0.5, 0.6) is 5.75 Å². The minimum atomic E-state index is -1.24. The van der Waals surface area contributed by atoms with E-state index in [4.69, 9.17) is 10.3 Å². The maximum atomic E-state index is 13.4. The number of nitrogens with one attached hydrogen (secondary N) is 4. The minimum absolute atomic E-state index is 0.0335. The van der Waals surface area contributed by atoms with Crippen LogP contribution in [0.25, 0.3) is 5.53 Å². The van der Waals surface area contributed by atoms with Crippen LogP contribution in [0.1, 0.15) is 65.4 Å². The Bertz CT molecular complexity index is 1150. The number of ketones is 1. The Morgan fingerprint density at radius 3 is 2.07 bits per heavy atom. The van der Waals surface area contributed by atoms with Crippen molar-refractivity contribution in [3.63, 3.8) is 0 Å². The van der Waals surface area contributed by atoms with Gasteiger partial charge in [0.1, 0.15) is 23.9 Å². The zero-order valence-corrected chi connectivity index (χ0v) is 24.3. The normalized spacial score (nSPS) is 12.6. The van der Waals surface area contributed by atoms with Crippen molar-refractivity contribution in [3.8, 4) is 5.75 Å². The van der Waals surface area contributed by atoms with Gasteiger partial charge in [-0.3, -0.25) is 24.0 Å². The van der Waals surface area contributed by atoms with Crippen LogP contribution in [0.3, 0.4) is 0 Å². The molecule has 1 aromatic rings. The Kier molecular flexibility index (Phi) is 15.8. The number of carbonyl (C=O) groups excluding carboxylic acids is 6. The van der Waals surface area contributed by atoms with Gasteiger partial charge >= 0.3 is 12.2 Å². The molecule has 14 heteroatoms. The predicted octanol–water partition coefficient (Wildman–Crippen LogP) is 0.317. The monoisotopic (exact) mass is 588 g/mol. The number of unbranched alkanes of at least 4 members (excludes halogenated alkanes) is 1. The molecule has 4 amide bonds. The van der Waals surface area contributed by atoms with Crippen molar-refractivity contribution < 1.29 is 43.4 Å². The molecule has 0 saturated heterocycles. The molecule has 0 aromatic heterocycles. The van der Waals surface area contributed by atoms with E-state index in [0.29, 0.717) is 31.2 Å². The molecule has 0 heterocycles. The van der Waals surface area contributed by atoms with E-state index in [1.807, 2.05) is 0 Å². The fourth-order valence-electron chi connectivity index (χ4n) is 3.85. The molecular weight excluding hydrogens is 548 g/mol. The number of benzene rings is 1. The Morgan fingerprint density at radius 2 is 1.50 bits per heavy atom. The lowest BCUT2D eigenvalue weighted by Crippen LogP contribution is -2.56. The standard InChI is InChI=1S/C28H40N6O8/c1-17(2)42-28(41)24(13-12-22(38)16-31-29)34-26(39)23(7-5-6-14-30-18(3)35)33-27(40)25(32-19(4)36)15-20-8-10-21(37)11-9-20/h8-11,16-17,23-25,37H,5-7,12-15H2,1-4H3,(H,30,35)(H,32,36)(H,33,40)(H,34,39). The van der Waals surface area contributed by atoms with Crippen LogP contribution in [0.15, 0.2) is 24.3 Å². The van der Waals surface area contributed by atoms with E-state index >= 15 is 0 Å². The van der Waals surface area contributed by atoms with Crippen molar-refractivity contribution in [2.45, 2.75) is 90.4 Å². The molecule has 1 rings (SSSR count). The van der Waals surface area contributed by atoms with E-state index in [0.717, 1.165) is 0 Å². The first-order valence-corrected chi connectivity index (χ1v) is 13.6. The third-order valence-electron chi connectivity index (χ3n) is 5.83. The average molecular weight is 589 g/mol. The van der Waals surface area contributed by atoms with Gasteiger partial charge in [-0.25, -0.2) is 4.79 Å². The minimum Gasteiger partial charge on any atom is -0.508 e. The number of phenolic OH excluding ortho intramolecular Hbond substituents is 1. The van der Waals surface area contributed by atoms with Gasteiger partial charge in [-0.05, 0) is 57.2 Å². The molecule has 0 bridgehead atoms. The lowest BCUT2D eigenvalue weighted by atomic mass is 10.0. The van der Waals surface area contributed by atoms with Crippen LogP contribution in [0.2, 0.25) is 0 Å². The molecule has 5 N–H and O–H groups in total. The highest BCUT2D eigenvalue weighted by Gasteiger charge is 2.30. The summed E-state index contributed by atoms with van der Waals surface area (Å²) in [6.45, 7) is 6.21. The number of Topliss-reactive ketones (excluding diaryl/α,β-unsaturated/α-hetero) is 1. The first-order valence-electron chi connectivity index (χ1n) is 13.6. The van der Waals surface area contributed by atoms with Crippen LogP contribution >= 0.6 is 0 Å². The molecule has 0 saturated carbocycles. The summed E-state index contributed by atoms with van der Waals surface area (Å²) in [7, 11) is 0. The molecule has 0 aliphatic heterocycles. The van der Waals surface area contributed by atoms with Crippen molar-refractivity contribution in [3.05, 3.63) is 35.4 Å².